The minimum atomic E-state index is 0.0502. The molecule has 2 rings (SSSR count). The van der Waals surface area contributed by atoms with Crippen molar-refractivity contribution < 1.29 is 9.21 Å². The second kappa shape index (κ2) is 6.51. The van der Waals surface area contributed by atoms with Gasteiger partial charge in [0.2, 0.25) is 11.8 Å². The van der Waals surface area contributed by atoms with Crippen LogP contribution in [0.3, 0.4) is 0 Å². The van der Waals surface area contributed by atoms with Crippen molar-refractivity contribution in [3.05, 3.63) is 5.89 Å². The van der Waals surface area contributed by atoms with Gasteiger partial charge < -0.3 is 20.4 Å². The first-order valence-corrected chi connectivity index (χ1v) is 6.79. The Hall–Kier alpha value is -1.63. The highest BCUT2D eigenvalue weighted by Crippen LogP contribution is 2.14. The van der Waals surface area contributed by atoms with Crippen LogP contribution in [0.4, 0.5) is 6.01 Å². The summed E-state index contributed by atoms with van der Waals surface area (Å²) in [5.74, 6) is 0.682. The molecule has 2 unspecified atom stereocenters. The van der Waals surface area contributed by atoms with Crippen molar-refractivity contribution in [2.75, 3.05) is 18.4 Å². The van der Waals surface area contributed by atoms with E-state index in [1.54, 1.807) is 0 Å². The van der Waals surface area contributed by atoms with Crippen LogP contribution in [-0.2, 0) is 4.79 Å². The number of aromatic nitrogens is 2. The lowest BCUT2D eigenvalue weighted by atomic mass is 10.2. The molecule has 7 heteroatoms. The molecule has 0 aromatic carbocycles. The lowest BCUT2D eigenvalue weighted by Crippen LogP contribution is -2.31. The van der Waals surface area contributed by atoms with Gasteiger partial charge in [-0.3, -0.25) is 4.79 Å². The van der Waals surface area contributed by atoms with Gasteiger partial charge in [-0.15, -0.1) is 5.10 Å². The molecule has 0 aliphatic carbocycles. The molecule has 1 aliphatic heterocycles. The maximum absolute atomic E-state index is 11.1. The van der Waals surface area contributed by atoms with E-state index in [2.05, 4.69) is 33.1 Å². The van der Waals surface area contributed by atoms with Crippen LogP contribution in [0.15, 0.2) is 4.42 Å². The summed E-state index contributed by atoms with van der Waals surface area (Å²) in [5.41, 5.74) is 0. The summed E-state index contributed by atoms with van der Waals surface area (Å²) in [5, 5.41) is 17.2. The van der Waals surface area contributed by atoms with E-state index in [-0.39, 0.29) is 18.0 Å². The molecule has 1 aromatic heterocycles. The van der Waals surface area contributed by atoms with Crippen LogP contribution in [0.5, 0.6) is 0 Å². The summed E-state index contributed by atoms with van der Waals surface area (Å²) in [4.78, 5) is 11.1. The van der Waals surface area contributed by atoms with Gasteiger partial charge in [0.25, 0.3) is 0 Å². The molecule has 1 aromatic rings. The third-order valence-electron chi connectivity index (χ3n) is 3.10. The molecule has 0 saturated carbocycles. The van der Waals surface area contributed by atoms with E-state index in [0.717, 1.165) is 19.4 Å². The van der Waals surface area contributed by atoms with Crippen LogP contribution in [0.25, 0.3) is 0 Å². The predicted molar refractivity (Wildman–Crippen MR) is 70.7 cm³/mol. The van der Waals surface area contributed by atoms with Crippen molar-refractivity contribution in [2.45, 2.75) is 45.2 Å². The van der Waals surface area contributed by atoms with Crippen molar-refractivity contribution in [1.82, 2.24) is 20.8 Å². The van der Waals surface area contributed by atoms with Gasteiger partial charge in [-0.05, 0) is 26.3 Å². The van der Waals surface area contributed by atoms with E-state index < -0.39 is 0 Å². The van der Waals surface area contributed by atoms with Crippen LogP contribution in [0.1, 0.15) is 45.0 Å². The van der Waals surface area contributed by atoms with Crippen molar-refractivity contribution in [3.8, 4) is 0 Å². The largest absolute Gasteiger partial charge is 0.406 e. The number of carbonyl (C=O) groups excluding carboxylic acids is 1. The summed E-state index contributed by atoms with van der Waals surface area (Å²) < 4.78 is 5.52. The van der Waals surface area contributed by atoms with Gasteiger partial charge in [0, 0.05) is 19.0 Å². The fourth-order valence-electron chi connectivity index (χ4n) is 1.97. The molecular formula is C12H21N5O2. The van der Waals surface area contributed by atoms with Crippen molar-refractivity contribution in [2.24, 2.45) is 0 Å². The molecule has 1 aliphatic rings. The zero-order valence-electron chi connectivity index (χ0n) is 11.4. The molecule has 1 fully saturated rings. The highest BCUT2D eigenvalue weighted by Gasteiger charge is 2.21. The maximum atomic E-state index is 11.1. The van der Waals surface area contributed by atoms with Gasteiger partial charge in [0.15, 0.2) is 0 Å². The van der Waals surface area contributed by atoms with E-state index in [9.17, 15) is 4.79 Å². The van der Waals surface area contributed by atoms with Crippen LogP contribution in [0, 0.1) is 0 Å². The Labute approximate surface area is 112 Å². The van der Waals surface area contributed by atoms with Crippen molar-refractivity contribution in [1.29, 1.82) is 0 Å². The Bertz CT molecular complexity index is 420. The quantitative estimate of drug-likeness (QED) is 0.677. The Morgan fingerprint density at radius 3 is 3.05 bits per heavy atom. The zero-order chi connectivity index (χ0) is 13.7. The molecule has 2 heterocycles. The van der Waals surface area contributed by atoms with E-state index in [4.69, 9.17) is 4.42 Å². The van der Waals surface area contributed by atoms with Gasteiger partial charge in [0.05, 0.1) is 6.04 Å². The first-order chi connectivity index (χ1) is 9.19. The van der Waals surface area contributed by atoms with Crippen LogP contribution < -0.4 is 16.0 Å². The van der Waals surface area contributed by atoms with Crippen LogP contribution in [0.2, 0.25) is 0 Å². The second-order valence-corrected chi connectivity index (χ2v) is 4.81. The van der Waals surface area contributed by atoms with E-state index in [1.165, 1.54) is 0 Å². The van der Waals surface area contributed by atoms with Gasteiger partial charge in [-0.1, -0.05) is 12.0 Å². The molecule has 0 radical (unpaired) electrons. The molecule has 3 N–H and O–H groups in total. The lowest BCUT2D eigenvalue weighted by Gasteiger charge is -2.09. The lowest BCUT2D eigenvalue weighted by molar-refractivity contribution is -0.119. The summed E-state index contributed by atoms with van der Waals surface area (Å²) in [6, 6.07) is 0.606. The van der Waals surface area contributed by atoms with E-state index in [1.807, 2.05) is 6.92 Å². The fourth-order valence-corrected chi connectivity index (χ4v) is 1.97. The number of amides is 1. The first kappa shape index (κ1) is 13.8. The standard InChI is InChI=1S/C12H21N5O2/c1-3-6-13-8(2)11-16-17-12(19-11)14-7-9-4-5-10(18)15-9/h8-9,13H,3-7H2,1-2H3,(H,14,17)(H,15,18). The second-order valence-electron chi connectivity index (χ2n) is 4.81. The number of rotatable bonds is 7. The third-order valence-corrected chi connectivity index (χ3v) is 3.10. The molecule has 1 saturated heterocycles. The van der Waals surface area contributed by atoms with Gasteiger partial charge >= 0.3 is 6.01 Å². The van der Waals surface area contributed by atoms with Crippen molar-refractivity contribution >= 4 is 11.9 Å². The number of carbonyl (C=O) groups is 1. The molecule has 0 bridgehead atoms. The predicted octanol–water partition coefficient (Wildman–Crippen LogP) is 0.821. The molecule has 106 valence electrons. The molecule has 0 spiro atoms. The molecule has 7 nitrogen and oxygen atoms in total. The molecule has 2 atom stereocenters. The summed E-state index contributed by atoms with van der Waals surface area (Å²) in [6.07, 6.45) is 2.51. The number of hydrogen-bond acceptors (Lipinski definition) is 6. The van der Waals surface area contributed by atoms with Crippen molar-refractivity contribution in [3.63, 3.8) is 0 Å². The minimum absolute atomic E-state index is 0.0502. The number of nitrogens with one attached hydrogen (secondary N) is 3. The highest BCUT2D eigenvalue weighted by molar-refractivity contribution is 5.78. The molecule has 19 heavy (non-hydrogen) atoms. The minimum Gasteiger partial charge on any atom is -0.406 e. The fraction of sp³-hybridized carbons (Fsp3) is 0.750. The third kappa shape index (κ3) is 3.92. The number of nitrogens with zero attached hydrogens (tertiary/aromatic N) is 2. The molecule has 1 amide bonds. The van der Waals surface area contributed by atoms with Gasteiger partial charge in [-0.2, -0.15) is 0 Å². The average Bonchev–Trinajstić information content (AvgIpc) is 3.02. The first-order valence-electron chi connectivity index (χ1n) is 6.79. The Kier molecular flexibility index (Phi) is 4.73. The topological polar surface area (TPSA) is 92.1 Å². The Morgan fingerprint density at radius 1 is 1.53 bits per heavy atom. The summed E-state index contributed by atoms with van der Waals surface area (Å²) in [7, 11) is 0. The number of anilines is 1. The smallest absolute Gasteiger partial charge is 0.315 e. The van der Waals surface area contributed by atoms with Crippen LogP contribution in [-0.4, -0.2) is 35.2 Å². The molecular weight excluding hydrogens is 246 g/mol. The van der Waals surface area contributed by atoms with Crippen LogP contribution >= 0.6 is 0 Å². The Morgan fingerprint density at radius 2 is 2.37 bits per heavy atom. The highest BCUT2D eigenvalue weighted by atomic mass is 16.4. The van der Waals surface area contributed by atoms with E-state index in [0.29, 0.717) is 24.9 Å². The zero-order valence-corrected chi connectivity index (χ0v) is 11.4. The summed E-state index contributed by atoms with van der Waals surface area (Å²) in [6.45, 7) is 5.63. The summed E-state index contributed by atoms with van der Waals surface area (Å²) >= 11 is 0. The average molecular weight is 267 g/mol. The Balaban J connectivity index is 1.78. The van der Waals surface area contributed by atoms with Gasteiger partial charge in [-0.25, -0.2) is 0 Å². The van der Waals surface area contributed by atoms with Gasteiger partial charge in [0.1, 0.15) is 0 Å². The normalized spacial score (nSPS) is 20.3. The monoisotopic (exact) mass is 267 g/mol. The number of hydrogen-bond donors (Lipinski definition) is 3. The maximum Gasteiger partial charge on any atom is 0.315 e. The SMILES string of the molecule is CCCNC(C)c1nnc(NCC2CCC(=O)N2)o1. The van der Waals surface area contributed by atoms with E-state index >= 15 is 0 Å².